The molecule has 0 N–H and O–H groups in total. The summed E-state index contributed by atoms with van der Waals surface area (Å²) in [5.74, 6) is 0.508. The number of sulfone groups is 1. The second kappa shape index (κ2) is 5.85. The van der Waals surface area contributed by atoms with Crippen LogP contribution < -0.4 is 4.90 Å². The Morgan fingerprint density at radius 1 is 1.29 bits per heavy atom. The SMILES string of the molecule is CCN(C)c1ccc(-c2noc([C@@H](C)S(C)(=O)=O)n2)cc1. The van der Waals surface area contributed by atoms with E-state index >= 15 is 0 Å². The number of anilines is 1. The lowest BCUT2D eigenvalue weighted by molar-refractivity contribution is 0.377. The smallest absolute Gasteiger partial charge is 0.244 e. The van der Waals surface area contributed by atoms with Crippen molar-refractivity contribution in [3.63, 3.8) is 0 Å². The van der Waals surface area contributed by atoms with Gasteiger partial charge in [-0.3, -0.25) is 0 Å². The van der Waals surface area contributed by atoms with Crippen molar-refractivity contribution >= 4 is 15.5 Å². The van der Waals surface area contributed by atoms with Crippen LogP contribution in [0.3, 0.4) is 0 Å². The Morgan fingerprint density at radius 3 is 2.43 bits per heavy atom. The molecule has 114 valence electrons. The summed E-state index contributed by atoms with van der Waals surface area (Å²) in [6.07, 6.45) is 1.15. The van der Waals surface area contributed by atoms with E-state index in [4.69, 9.17) is 4.52 Å². The lowest BCUT2D eigenvalue weighted by Crippen LogP contribution is -2.15. The van der Waals surface area contributed by atoms with Crippen LogP contribution in [0.5, 0.6) is 0 Å². The summed E-state index contributed by atoms with van der Waals surface area (Å²) < 4.78 is 28.0. The first-order valence-corrected chi connectivity index (χ1v) is 8.62. The molecule has 0 saturated heterocycles. The molecule has 2 aromatic rings. The van der Waals surface area contributed by atoms with Gasteiger partial charge in [0.15, 0.2) is 9.84 Å². The maximum Gasteiger partial charge on any atom is 0.244 e. The summed E-state index contributed by atoms with van der Waals surface area (Å²) in [6.45, 7) is 4.52. The first-order valence-electron chi connectivity index (χ1n) is 6.67. The fourth-order valence-electron chi connectivity index (χ4n) is 1.75. The molecular weight excluding hydrogens is 290 g/mol. The summed E-state index contributed by atoms with van der Waals surface area (Å²) in [5, 5.41) is 3.05. The molecule has 0 saturated carbocycles. The maximum absolute atomic E-state index is 11.5. The van der Waals surface area contributed by atoms with Crippen molar-refractivity contribution in [3.8, 4) is 11.4 Å². The molecule has 2 rings (SSSR count). The first-order chi connectivity index (χ1) is 9.82. The van der Waals surface area contributed by atoms with Gasteiger partial charge in [0.1, 0.15) is 5.25 Å². The third-order valence-corrected chi connectivity index (χ3v) is 4.96. The van der Waals surface area contributed by atoms with E-state index in [2.05, 4.69) is 22.0 Å². The van der Waals surface area contributed by atoms with Gasteiger partial charge in [-0.15, -0.1) is 0 Å². The molecule has 0 aliphatic carbocycles. The summed E-state index contributed by atoms with van der Waals surface area (Å²) in [7, 11) is -1.24. The largest absolute Gasteiger partial charge is 0.375 e. The van der Waals surface area contributed by atoms with Crippen molar-refractivity contribution in [2.75, 3.05) is 24.7 Å². The van der Waals surface area contributed by atoms with Crippen molar-refractivity contribution in [1.82, 2.24) is 10.1 Å². The molecule has 0 aliphatic heterocycles. The Labute approximate surface area is 124 Å². The highest BCUT2D eigenvalue weighted by molar-refractivity contribution is 7.90. The Hall–Kier alpha value is -1.89. The van der Waals surface area contributed by atoms with Crippen LogP contribution in [0.15, 0.2) is 28.8 Å². The number of hydrogen-bond acceptors (Lipinski definition) is 6. The Morgan fingerprint density at radius 2 is 1.90 bits per heavy atom. The number of rotatable bonds is 5. The summed E-state index contributed by atoms with van der Waals surface area (Å²) in [5.41, 5.74) is 1.88. The van der Waals surface area contributed by atoms with Crippen LogP contribution in [0.4, 0.5) is 5.69 Å². The van der Waals surface area contributed by atoms with Crippen molar-refractivity contribution in [2.24, 2.45) is 0 Å². The van der Waals surface area contributed by atoms with Gasteiger partial charge in [-0.1, -0.05) is 5.16 Å². The molecule has 7 heteroatoms. The molecule has 0 spiro atoms. The fraction of sp³-hybridized carbons (Fsp3) is 0.429. The van der Waals surface area contributed by atoms with Gasteiger partial charge >= 0.3 is 0 Å². The molecule has 21 heavy (non-hydrogen) atoms. The number of benzene rings is 1. The molecule has 0 fully saturated rings. The second-order valence-electron chi connectivity index (χ2n) is 4.99. The third-order valence-electron chi connectivity index (χ3n) is 3.47. The minimum atomic E-state index is -3.25. The minimum absolute atomic E-state index is 0.113. The molecule has 0 unspecified atom stereocenters. The highest BCUT2D eigenvalue weighted by Crippen LogP contribution is 2.24. The lowest BCUT2D eigenvalue weighted by Gasteiger charge is -2.16. The molecule has 1 heterocycles. The van der Waals surface area contributed by atoms with E-state index in [1.807, 2.05) is 31.3 Å². The molecule has 1 aromatic heterocycles. The second-order valence-corrected chi connectivity index (χ2v) is 7.36. The van der Waals surface area contributed by atoms with Gasteiger partial charge in [0, 0.05) is 31.1 Å². The quantitative estimate of drug-likeness (QED) is 0.843. The molecular formula is C14H19N3O3S. The number of hydrogen-bond donors (Lipinski definition) is 0. The minimum Gasteiger partial charge on any atom is -0.375 e. The zero-order valence-corrected chi connectivity index (χ0v) is 13.4. The van der Waals surface area contributed by atoms with E-state index in [-0.39, 0.29) is 5.89 Å². The van der Waals surface area contributed by atoms with E-state index in [1.54, 1.807) is 0 Å². The Bertz CT molecular complexity index is 707. The lowest BCUT2D eigenvalue weighted by atomic mass is 10.2. The van der Waals surface area contributed by atoms with Gasteiger partial charge in [-0.2, -0.15) is 4.98 Å². The zero-order chi connectivity index (χ0) is 15.6. The van der Waals surface area contributed by atoms with Gasteiger partial charge < -0.3 is 9.42 Å². The van der Waals surface area contributed by atoms with E-state index in [0.717, 1.165) is 24.1 Å². The fourth-order valence-corrected chi connectivity index (χ4v) is 2.21. The highest BCUT2D eigenvalue weighted by Gasteiger charge is 2.24. The van der Waals surface area contributed by atoms with Crippen LogP contribution in [-0.2, 0) is 9.84 Å². The van der Waals surface area contributed by atoms with Crippen LogP contribution in [0.25, 0.3) is 11.4 Å². The van der Waals surface area contributed by atoms with E-state index in [1.165, 1.54) is 6.92 Å². The average Bonchev–Trinajstić information content (AvgIpc) is 2.94. The standard InChI is InChI=1S/C14H19N3O3S/c1-5-17(3)12-8-6-11(7-9-12)13-15-14(20-16-13)10(2)21(4,18)19/h6-10H,5H2,1-4H3/t10-/m1/s1. The predicted octanol–water partition coefficient (Wildman–Crippen LogP) is 2.30. The average molecular weight is 309 g/mol. The van der Waals surface area contributed by atoms with Crippen molar-refractivity contribution in [1.29, 1.82) is 0 Å². The van der Waals surface area contributed by atoms with Crippen molar-refractivity contribution in [2.45, 2.75) is 19.1 Å². The van der Waals surface area contributed by atoms with Crippen LogP contribution in [0.1, 0.15) is 25.0 Å². The van der Waals surface area contributed by atoms with Crippen LogP contribution in [0.2, 0.25) is 0 Å². The molecule has 6 nitrogen and oxygen atoms in total. The summed E-state index contributed by atoms with van der Waals surface area (Å²) in [4.78, 5) is 6.28. The van der Waals surface area contributed by atoms with Crippen molar-refractivity contribution < 1.29 is 12.9 Å². The summed E-state index contributed by atoms with van der Waals surface area (Å²) >= 11 is 0. The van der Waals surface area contributed by atoms with Gasteiger partial charge in [0.2, 0.25) is 11.7 Å². The predicted molar refractivity (Wildman–Crippen MR) is 81.9 cm³/mol. The normalized spacial score (nSPS) is 13.1. The monoisotopic (exact) mass is 309 g/mol. The molecule has 1 atom stereocenters. The molecule has 1 aromatic carbocycles. The zero-order valence-electron chi connectivity index (χ0n) is 12.6. The summed E-state index contributed by atoms with van der Waals surface area (Å²) in [6, 6.07) is 7.71. The van der Waals surface area contributed by atoms with E-state index in [9.17, 15) is 8.42 Å². The Kier molecular flexibility index (Phi) is 4.32. The van der Waals surface area contributed by atoms with E-state index < -0.39 is 15.1 Å². The van der Waals surface area contributed by atoms with Crippen LogP contribution in [0, 0.1) is 0 Å². The molecule has 0 aliphatic rings. The maximum atomic E-state index is 11.5. The molecule has 0 bridgehead atoms. The van der Waals surface area contributed by atoms with Crippen molar-refractivity contribution in [3.05, 3.63) is 30.2 Å². The topological polar surface area (TPSA) is 76.3 Å². The van der Waals surface area contributed by atoms with Gasteiger partial charge in [-0.05, 0) is 38.1 Å². The molecule has 0 amide bonds. The molecule has 0 radical (unpaired) electrons. The van der Waals surface area contributed by atoms with Crippen LogP contribution >= 0.6 is 0 Å². The van der Waals surface area contributed by atoms with Crippen LogP contribution in [-0.4, -0.2) is 38.4 Å². The highest BCUT2D eigenvalue weighted by atomic mass is 32.2. The number of nitrogens with zero attached hydrogens (tertiary/aromatic N) is 3. The van der Waals surface area contributed by atoms with Gasteiger partial charge in [0.05, 0.1) is 0 Å². The third kappa shape index (κ3) is 3.41. The Balaban J connectivity index is 2.26. The van der Waals surface area contributed by atoms with Gasteiger partial charge in [-0.25, -0.2) is 8.42 Å². The van der Waals surface area contributed by atoms with Gasteiger partial charge in [0.25, 0.3) is 0 Å². The number of aromatic nitrogens is 2. The van der Waals surface area contributed by atoms with E-state index in [0.29, 0.717) is 5.82 Å². The first kappa shape index (κ1) is 15.5.